The second-order valence-corrected chi connectivity index (χ2v) is 4.27. The van der Waals surface area contributed by atoms with Crippen molar-refractivity contribution in [2.24, 2.45) is 0 Å². The maximum atomic E-state index is 13.9. The van der Waals surface area contributed by atoms with Gasteiger partial charge in [0, 0.05) is 5.56 Å². The number of hydrogen-bond acceptors (Lipinski definition) is 4. The number of alkyl halides is 3. The van der Waals surface area contributed by atoms with Gasteiger partial charge in [-0.1, -0.05) is 0 Å². The third kappa shape index (κ3) is 2.66. The lowest BCUT2D eigenvalue weighted by Gasteiger charge is -2.15. The summed E-state index contributed by atoms with van der Waals surface area (Å²) >= 11 is 0. The second-order valence-electron chi connectivity index (χ2n) is 4.27. The van der Waals surface area contributed by atoms with Crippen LogP contribution in [-0.2, 0) is 6.18 Å². The summed E-state index contributed by atoms with van der Waals surface area (Å²) in [6.07, 6.45) is -5.30. The van der Waals surface area contributed by atoms with Crippen molar-refractivity contribution >= 4 is 0 Å². The number of nitrogens with one attached hydrogen (secondary N) is 1. The van der Waals surface area contributed by atoms with Crippen molar-refractivity contribution < 1.29 is 22.0 Å². The zero-order valence-electron chi connectivity index (χ0n) is 10.8. The normalized spacial score (nSPS) is 11.3. The first-order valence-electron chi connectivity index (χ1n) is 5.69. The van der Waals surface area contributed by atoms with Crippen LogP contribution in [0.15, 0.2) is 21.7 Å². The number of benzene rings is 1. The standard InChI is InChI=1S/C12H5F5N4O2/c13-6-2-5(7(14)1-4(6)3-18)8-9(12(15,16)17)21(19)11(23)20-10(8)22/h1-2H,19H2,(H,20,22,23). The van der Waals surface area contributed by atoms with Crippen molar-refractivity contribution in [2.45, 2.75) is 6.18 Å². The van der Waals surface area contributed by atoms with Gasteiger partial charge in [0.1, 0.15) is 17.7 Å². The van der Waals surface area contributed by atoms with Gasteiger partial charge in [-0.3, -0.25) is 9.78 Å². The Morgan fingerprint density at radius 2 is 1.78 bits per heavy atom. The van der Waals surface area contributed by atoms with E-state index >= 15 is 0 Å². The van der Waals surface area contributed by atoms with Crippen LogP contribution in [0.4, 0.5) is 22.0 Å². The Labute approximate surface area is 123 Å². The number of H-pyrrole nitrogens is 1. The Balaban J connectivity index is 2.99. The van der Waals surface area contributed by atoms with Gasteiger partial charge in [-0.25, -0.2) is 18.3 Å². The van der Waals surface area contributed by atoms with Gasteiger partial charge in [0.25, 0.3) is 5.56 Å². The predicted octanol–water partition coefficient (Wildman–Crippen LogP) is 1.09. The molecule has 2 rings (SSSR count). The topological polar surface area (TPSA) is 105 Å². The molecule has 0 atom stereocenters. The highest BCUT2D eigenvalue weighted by molar-refractivity contribution is 5.67. The number of rotatable bonds is 1. The smallest absolute Gasteiger partial charge is 0.335 e. The second kappa shape index (κ2) is 5.24. The Morgan fingerprint density at radius 1 is 1.17 bits per heavy atom. The first kappa shape index (κ1) is 16.2. The van der Waals surface area contributed by atoms with Gasteiger partial charge in [-0.05, 0) is 12.1 Å². The molecule has 3 N–H and O–H groups in total. The molecule has 0 aliphatic carbocycles. The van der Waals surface area contributed by atoms with Crippen molar-refractivity contribution in [1.82, 2.24) is 9.66 Å². The van der Waals surface area contributed by atoms with E-state index in [0.717, 1.165) is 0 Å². The minimum atomic E-state index is -5.30. The number of aromatic amines is 1. The van der Waals surface area contributed by atoms with E-state index in [1.165, 1.54) is 11.1 Å². The molecule has 0 radical (unpaired) electrons. The van der Waals surface area contributed by atoms with Gasteiger partial charge in [-0.15, -0.1) is 0 Å². The molecule has 23 heavy (non-hydrogen) atoms. The SMILES string of the molecule is N#Cc1cc(F)c(-c2c(C(F)(F)F)n(N)c(=O)[nH]c2=O)cc1F. The quantitative estimate of drug-likeness (QED) is 0.602. The molecule has 6 nitrogen and oxygen atoms in total. The minimum Gasteiger partial charge on any atom is -0.335 e. The summed E-state index contributed by atoms with van der Waals surface area (Å²) in [5, 5.41) is 8.55. The average Bonchev–Trinajstić information content (AvgIpc) is 2.43. The molecule has 1 aromatic heterocycles. The van der Waals surface area contributed by atoms with Crippen molar-refractivity contribution in [2.75, 3.05) is 5.84 Å². The zero-order valence-corrected chi connectivity index (χ0v) is 10.8. The summed E-state index contributed by atoms with van der Waals surface area (Å²) in [5.74, 6) is 2.16. The van der Waals surface area contributed by atoms with Gasteiger partial charge < -0.3 is 5.84 Å². The van der Waals surface area contributed by atoms with E-state index in [4.69, 9.17) is 11.1 Å². The van der Waals surface area contributed by atoms with E-state index in [9.17, 15) is 31.5 Å². The van der Waals surface area contributed by atoms with Crippen LogP contribution >= 0.6 is 0 Å². The van der Waals surface area contributed by atoms with E-state index < -0.39 is 56.1 Å². The maximum Gasteiger partial charge on any atom is 0.434 e. The molecule has 0 aliphatic heterocycles. The molecule has 0 bridgehead atoms. The molecule has 11 heteroatoms. The van der Waals surface area contributed by atoms with Crippen molar-refractivity contribution in [3.63, 3.8) is 0 Å². The summed E-state index contributed by atoms with van der Waals surface area (Å²) in [7, 11) is 0. The molecular weight excluding hydrogens is 327 g/mol. The monoisotopic (exact) mass is 332 g/mol. The number of halogens is 5. The molecule has 0 amide bonds. The molecular formula is C12H5F5N4O2. The predicted molar refractivity (Wildman–Crippen MR) is 66.5 cm³/mol. The number of hydrogen-bond donors (Lipinski definition) is 2. The third-order valence-corrected chi connectivity index (χ3v) is 2.86. The molecule has 0 spiro atoms. The van der Waals surface area contributed by atoms with E-state index in [-0.39, 0.29) is 6.07 Å². The molecule has 0 unspecified atom stereocenters. The molecule has 2 aromatic rings. The number of nitriles is 1. The summed E-state index contributed by atoms with van der Waals surface area (Å²) < 4.78 is 66.3. The van der Waals surface area contributed by atoms with E-state index in [1.807, 2.05) is 0 Å². The Kier molecular flexibility index (Phi) is 3.69. The molecule has 0 fully saturated rings. The van der Waals surface area contributed by atoms with Crippen LogP contribution in [0, 0.1) is 23.0 Å². The molecule has 0 saturated carbocycles. The van der Waals surface area contributed by atoms with Gasteiger partial charge in [-0.2, -0.15) is 18.4 Å². The van der Waals surface area contributed by atoms with Gasteiger partial charge in [0.15, 0.2) is 5.69 Å². The Morgan fingerprint density at radius 3 is 2.30 bits per heavy atom. The van der Waals surface area contributed by atoms with Crippen LogP contribution in [0.5, 0.6) is 0 Å². The fourth-order valence-electron chi connectivity index (χ4n) is 1.90. The van der Waals surface area contributed by atoms with Gasteiger partial charge in [0.05, 0.1) is 11.1 Å². The number of nitrogens with two attached hydrogens (primary N) is 1. The lowest BCUT2D eigenvalue weighted by molar-refractivity contribution is -0.143. The van der Waals surface area contributed by atoms with E-state index in [1.54, 1.807) is 0 Å². The highest BCUT2D eigenvalue weighted by atomic mass is 19.4. The largest absolute Gasteiger partial charge is 0.434 e. The van der Waals surface area contributed by atoms with Crippen LogP contribution in [-0.4, -0.2) is 9.66 Å². The Bertz CT molecular complexity index is 952. The van der Waals surface area contributed by atoms with Crippen LogP contribution in [0.25, 0.3) is 11.1 Å². The van der Waals surface area contributed by atoms with Crippen LogP contribution in [0.1, 0.15) is 11.3 Å². The summed E-state index contributed by atoms with van der Waals surface area (Å²) in [5.41, 5.74) is -8.37. The van der Waals surface area contributed by atoms with Gasteiger partial charge in [0.2, 0.25) is 0 Å². The zero-order chi connectivity index (χ0) is 17.5. The summed E-state index contributed by atoms with van der Waals surface area (Å²) in [4.78, 5) is 24.4. The number of nitrogens with zero attached hydrogens (tertiary/aromatic N) is 2. The van der Waals surface area contributed by atoms with Crippen molar-refractivity contribution in [1.29, 1.82) is 5.26 Å². The fourth-order valence-corrected chi connectivity index (χ4v) is 1.90. The van der Waals surface area contributed by atoms with Crippen molar-refractivity contribution in [3.8, 4) is 17.2 Å². The summed E-state index contributed by atoms with van der Waals surface area (Å²) in [6.45, 7) is 0. The lowest BCUT2D eigenvalue weighted by Crippen LogP contribution is -2.41. The molecule has 0 aliphatic rings. The number of nitrogen functional groups attached to an aromatic ring is 1. The highest BCUT2D eigenvalue weighted by Crippen LogP contribution is 2.35. The van der Waals surface area contributed by atoms with E-state index in [2.05, 4.69) is 0 Å². The molecule has 1 heterocycles. The maximum absolute atomic E-state index is 13.9. The minimum absolute atomic E-state index is 0.248. The van der Waals surface area contributed by atoms with Crippen LogP contribution in [0.2, 0.25) is 0 Å². The highest BCUT2D eigenvalue weighted by Gasteiger charge is 2.40. The molecule has 120 valence electrons. The number of aromatic nitrogens is 2. The lowest BCUT2D eigenvalue weighted by atomic mass is 10.0. The Hall–Kier alpha value is -3.16. The van der Waals surface area contributed by atoms with Gasteiger partial charge >= 0.3 is 11.9 Å². The van der Waals surface area contributed by atoms with Crippen LogP contribution in [0.3, 0.4) is 0 Å². The first-order chi connectivity index (χ1) is 10.6. The first-order valence-corrected chi connectivity index (χ1v) is 5.69. The third-order valence-electron chi connectivity index (χ3n) is 2.86. The fraction of sp³-hybridized carbons (Fsp3) is 0.0833. The van der Waals surface area contributed by atoms with Crippen molar-refractivity contribution in [3.05, 3.63) is 55.9 Å². The molecule has 1 aromatic carbocycles. The molecule has 0 saturated heterocycles. The van der Waals surface area contributed by atoms with E-state index in [0.29, 0.717) is 6.07 Å². The van der Waals surface area contributed by atoms with Crippen LogP contribution < -0.4 is 17.1 Å². The summed E-state index contributed by atoms with van der Waals surface area (Å²) in [6, 6.07) is 1.87. The average molecular weight is 332 g/mol.